The summed E-state index contributed by atoms with van der Waals surface area (Å²) >= 11 is 5.96. The fraction of sp³-hybridized carbons (Fsp3) is 0.409. The molecule has 5 heteroatoms. The van der Waals surface area contributed by atoms with E-state index < -0.39 is 0 Å². The van der Waals surface area contributed by atoms with Gasteiger partial charge in [0.05, 0.1) is 7.11 Å². The van der Waals surface area contributed by atoms with Crippen LogP contribution in [0, 0.1) is 5.92 Å². The van der Waals surface area contributed by atoms with Crippen molar-refractivity contribution < 1.29 is 9.53 Å². The molecule has 4 nitrogen and oxygen atoms in total. The predicted molar refractivity (Wildman–Crippen MR) is 107 cm³/mol. The molecule has 2 aliphatic rings. The first kappa shape index (κ1) is 18.3. The Balaban J connectivity index is 1.28. The van der Waals surface area contributed by atoms with Gasteiger partial charge in [0.15, 0.2) is 0 Å². The van der Waals surface area contributed by atoms with Crippen LogP contribution in [0.2, 0.25) is 5.02 Å². The molecule has 1 heterocycles. The first-order valence-electron chi connectivity index (χ1n) is 9.53. The lowest BCUT2D eigenvalue weighted by Gasteiger charge is -2.35. The van der Waals surface area contributed by atoms with Crippen molar-refractivity contribution in [1.82, 2.24) is 9.80 Å². The summed E-state index contributed by atoms with van der Waals surface area (Å²) in [4.78, 5) is 17.3. The largest absolute Gasteiger partial charge is 0.497 e. The maximum atomic E-state index is 12.8. The maximum Gasteiger partial charge on any atom is 0.226 e. The highest BCUT2D eigenvalue weighted by Gasteiger charge is 2.46. The van der Waals surface area contributed by atoms with Gasteiger partial charge in [-0.25, -0.2) is 0 Å². The fourth-order valence-corrected chi connectivity index (χ4v) is 4.06. The lowest BCUT2D eigenvalue weighted by molar-refractivity contribution is -0.134. The van der Waals surface area contributed by atoms with Crippen LogP contribution in [0.4, 0.5) is 0 Å². The van der Waals surface area contributed by atoms with Crippen molar-refractivity contribution in [3.8, 4) is 5.75 Å². The molecule has 0 radical (unpaired) electrons. The Kier molecular flexibility index (Phi) is 5.37. The van der Waals surface area contributed by atoms with E-state index in [4.69, 9.17) is 16.3 Å². The van der Waals surface area contributed by atoms with Crippen LogP contribution in [0.25, 0.3) is 0 Å². The second-order valence-corrected chi connectivity index (χ2v) is 7.89. The van der Waals surface area contributed by atoms with Crippen molar-refractivity contribution in [2.24, 2.45) is 5.92 Å². The molecule has 0 N–H and O–H groups in total. The smallest absolute Gasteiger partial charge is 0.226 e. The molecule has 1 aliphatic heterocycles. The van der Waals surface area contributed by atoms with E-state index in [-0.39, 0.29) is 5.92 Å². The molecule has 142 valence electrons. The molecule has 1 saturated heterocycles. The normalized spacial score (nSPS) is 22.5. The molecule has 2 aromatic carbocycles. The molecule has 0 bridgehead atoms. The molecule has 27 heavy (non-hydrogen) atoms. The standard InChI is InChI=1S/C22H25ClN2O2/c1-27-19-4-2-3-16(13-19)15-24-9-11-25(12-10-24)22(26)21-14-20(21)17-5-7-18(23)8-6-17/h2-8,13,20-21H,9-12,14-15H2,1H3. The van der Waals surface area contributed by atoms with E-state index in [1.165, 1.54) is 11.1 Å². The molecule has 1 amide bonds. The van der Waals surface area contributed by atoms with E-state index in [1.54, 1.807) is 7.11 Å². The summed E-state index contributed by atoms with van der Waals surface area (Å²) in [5, 5.41) is 0.745. The Morgan fingerprint density at radius 3 is 2.56 bits per heavy atom. The SMILES string of the molecule is COc1cccc(CN2CCN(C(=O)C3CC3c3ccc(Cl)cc3)CC2)c1. The average molecular weight is 385 g/mol. The van der Waals surface area contributed by atoms with Gasteiger partial charge in [-0.1, -0.05) is 35.9 Å². The maximum absolute atomic E-state index is 12.8. The van der Waals surface area contributed by atoms with Crippen LogP contribution in [0.3, 0.4) is 0 Å². The molecule has 0 spiro atoms. The Hall–Kier alpha value is -2.04. The molecule has 4 rings (SSSR count). The fourth-order valence-electron chi connectivity index (χ4n) is 3.94. The zero-order valence-electron chi connectivity index (χ0n) is 15.6. The zero-order valence-corrected chi connectivity index (χ0v) is 16.4. The second kappa shape index (κ2) is 7.91. The number of methoxy groups -OCH3 is 1. The lowest BCUT2D eigenvalue weighted by atomic mass is 10.1. The Morgan fingerprint density at radius 2 is 1.85 bits per heavy atom. The number of hydrogen-bond acceptors (Lipinski definition) is 3. The summed E-state index contributed by atoms with van der Waals surface area (Å²) in [6.07, 6.45) is 0.963. The van der Waals surface area contributed by atoms with E-state index in [9.17, 15) is 4.79 Å². The number of benzene rings is 2. The van der Waals surface area contributed by atoms with Crippen molar-refractivity contribution in [2.45, 2.75) is 18.9 Å². The summed E-state index contributed by atoms with van der Waals surface area (Å²) in [7, 11) is 1.69. The molecule has 1 saturated carbocycles. The third-order valence-corrected chi connectivity index (χ3v) is 5.88. The molecule has 2 aromatic rings. The first-order chi connectivity index (χ1) is 13.1. The third-order valence-electron chi connectivity index (χ3n) is 5.63. The topological polar surface area (TPSA) is 32.8 Å². The number of rotatable bonds is 5. The van der Waals surface area contributed by atoms with Crippen LogP contribution >= 0.6 is 11.6 Å². The van der Waals surface area contributed by atoms with Gasteiger partial charge in [0.25, 0.3) is 0 Å². The van der Waals surface area contributed by atoms with E-state index in [2.05, 4.69) is 17.0 Å². The van der Waals surface area contributed by atoms with Gasteiger partial charge in [-0.2, -0.15) is 0 Å². The zero-order chi connectivity index (χ0) is 18.8. The van der Waals surface area contributed by atoms with Gasteiger partial charge >= 0.3 is 0 Å². The molecule has 2 fully saturated rings. The number of carbonyl (C=O) groups excluding carboxylic acids is 1. The average Bonchev–Trinajstić information content (AvgIpc) is 3.49. The highest BCUT2D eigenvalue weighted by Crippen LogP contribution is 2.48. The van der Waals surface area contributed by atoms with E-state index >= 15 is 0 Å². The molecular formula is C22H25ClN2O2. The number of carbonyl (C=O) groups is 1. The lowest BCUT2D eigenvalue weighted by Crippen LogP contribution is -2.48. The van der Waals surface area contributed by atoms with Crippen molar-refractivity contribution >= 4 is 17.5 Å². The summed E-state index contributed by atoms with van der Waals surface area (Å²) in [6.45, 7) is 4.36. The number of piperazine rings is 1. The van der Waals surface area contributed by atoms with Crippen molar-refractivity contribution in [3.63, 3.8) is 0 Å². The van der Waals surface area contributed by atoms with Crippen molar-refractivity contribution in [3.05, 3.63) is 64.7 Å². The minimum absolute atomic E-state index is 0.149. The molecule has 2 unspecified atom stereocenters. The van der Waals surface area contributed by atoms with E-state index in [1.807, 2.05) is 41.3 Å². The summed E-state index contributed by atoms with van der Waals surface area (Å²) in [5.74, 6) is 1.72. The highest BCUT2D eigenvalue weighted by molar-refractivity contribution is 6.30. The van der Waals surface area contributed by atoms with Crippen LogP contribution in [0.15, 0.2) is 48.5 Å². The van der Waals surface area contributed by atoms with Crippen LogP contribution in [0.1, 0.15) is 23.5 Å². The minimum Gasteiger partial charge on any atom is -0.497 e. The van der Waals surface area contributed by atoms with Gasteiger partial charge in [-0.3, -0.25) is 9.69 Å². The molecule has 1 aliphatic carbocycles. The molecule has 2 atom stereocenters. The monoisotopic (exact) mass is 384 g/mol. The summed E-state index contributed by atoms with van der Waals surface area (Å²) < 4.78 is 5.30. The molecule has 0 aromatic heterocycles. The Labute approximate surface area is 165 Å². The number of ether oxygens (including phenoxy) is 1. The van der Waals surface area contributed by atoms with Crippen LogP contribution < -0.4 is 4.74 Å². The number of amides is 1. The van der Waals surface area contributed by atoms with Gasteiger partial charge in [0.2, 0.25) is 5.91 Å². The van der Waals surface area contributed by atoms with Crippen molar-refractivity contribution in [1.29, 1.82) is 0 Å². The number of halogens is 1. The van der Waals surface area contributed by atoms with Gasteiger partial charge in [-0.15, -0.1) is 0 Å². The van der Waals surface area contributed by atoms with Crippen LogP contribution in [-0.2, 0) is 11.3 Å². The van der Waals surface area contributed by atoms with E-state index in [0.717, 1.165) is 49.9 Å². The van der Waals surface area contributed by atoms with Gasteiger partial charge in [-0.05, 0) is 47.7 Å². The highest BCUT2D eigenvalue weighted by atomic mass is 35.5. The summed E-state index contributed by atoms with van der Waals surface area (Å²) in [6, 6.07) is 16.1. The predicted octanol–water partition coefficient (Wildman–Crippen LogP) is 3.80. The quantitative estimate of drug-likeness (QED) is 0.786. The second-order valence-electron chi connectivity index (χ2n) is 7.45. The number of nitrogens with zero attached hydrogens (tertiary/aromatic N) is 2. The van der Waals surface area contributed by atoms with Gasteiger partial charge in [0, 0.05) is 43.7 Å². The minimum atomic E-state index is 0.149. The van der Waals surface area contributed by atoms with Gasteiger partial charge in [0.1, 0.15) is 5.75 Å². The number of hydrogen-bond donors (Lipinski definition) is 0. The van der Waals surface area contributed by atoms with Gasteiger partial charge < -0.3 is 9.64 Å². The van der Waals surface area contributed by atoms with Crippen LogP contribution in [0.5, 0.6) is 5.75 Å². The third kappa shape index (κ3) is 4.28. The Morgan fingerprint density at radius 1 is 1.11 bits per heavy atom. The van der Waals surface area contributed by atoms with Crippen LogP contribution in [-0.4, -0.2) is 49.0 Å². The Bertz CT molecular complexity index is 800. The summed E-state index contributed by atoms with van der Waals surface area (Å²) in [5.41, 5.74) is 2.48. The molecular weight excluding hydrogens is 360 g/mol. The first-order valence-corrected chi connectivity index (χ1v) is 9.91. The van der Waals surface area contributed by atoms with E-state index in [0.29, 0.717) is 11.8 Å². The van der Waals surface area contributed by atoms with Crippen molar-refractivity contribution in [2.75, 3.05) is 33.3 Å².